The summed E-state index contributed by atoms with van der Waals surface area (Å²) < 4.78 is 0. The predicted octanol–water partition coefficient (Wildman–Crippen LogP) is 3.50. The molecule has 0 bridgehead atoms. The van der Waals surface area contributed by atoms with Gasteiger partial charge in [0, 0.05) is 29.7 Å². The summed E-state index contributed by atoms with van der Waals surface area (Å²) in [5.74, 6) is -0.0934. The Balaban J connectivity index is 1.62. The Morgan fingerprint density at radius 1 is 1.05 bits per heavy atom. The van der Waals surface area contributed by atoms with Crippen LogP contribution in [-0.2, 0) is 11.3 Å². The van der Waals surface area contributed by atoms with E-state index >= 15 is 0 Å². The maximum Gasteiger partial charge on any atom is 0.244 e. The highest BCUT2D eigenvalue weighted by Crippen LogP contribution is 2.17. The van der Waals surface area contributed by atoms with Crippen molar-refractivity contribution in [2.75, 3.05) is 0 Å². The zero-order valence-electron chi connectivity index (χ0n) is 11.5. The van der Waals surface area contributed by atoms with Crippen LogP contribution in [0.1, 0.15) is 11.1 Å². The largest absolute Gasteiger partial charge is 0.361 e. The maximum atomic E-state index is 11.8. The summed E-state index contributed by atoms with van der Waals surface area (Å²) in [5, 5.41) is 4.05. The van der Waals surface area contributed by atoms with E-state index in [1.54, 1.807) is 6.08 Å². The van der Waals surface area contributed by atoms with E-state index in [4.69, 9.17) is 0 Å². The van der Waals surface area contributed by atoms with Gasteiger partial charge in [0.05, 0.1) is 0 Å². The molecule has 2 N–H and O–H groups in total. The molecule has 21 heavy (non-hydrogen) atoms. The highest BCUT2D eigenvalue weighted by molar-refractivity contribution is 5.92. The Kier molecular flexibility index (Phi) is 3.83. The van der Waals surface area contributed by atoms with Gasteiger partial charge in [0.2, 0.25) is 5.91 Å². The maximum absolute atomic E-state index is 11.8. The number of benzene rings is 2. The van der Waals surface area contributed by atoms with Crippen molar-refractivity contribution in [3.05, 3.63) is 78.0 Å². The van der Waals surface area contributed by atoms with E-state index in [-0.39, 0.29) is 5.91 Å². The standard InChI is InChI=1S/C18H16N2O/c21-18(11-10-14-6-2-1-3-7-14)20-13-15-12-19-17-9-5-4-8-16(15)17/h1-12,19H,13H2,(H,20,21)/b11-10+. The van der Waals surface area contributed by atoms with Crippen molar-refractivity contribution in [2.45, 2.75) is 6.54 Å². The first-order valence-corrected chi connectivity index (χ1v) is 6.89. The van der Waals surface area contributed by atoms with Crippen molar-refractivity contribution in [1.82, 2.24) is 10.3 Å². The molecule has 0 aliphatic heterocycles. The molecule has 0 radical (unpaired) electrons. The van der Waals surface area contributed by atoms with Crippen LogP contribution in [0, 0.1) is 0 Å². The quantitative estimate of drug-likeness (QED) is 0.704. The lowest BCUT2D eigenvalue weighted by molar-refractivity contribution is -0.116. The number of carbonyl (C=O) groups excluding carboxylic acids is 1. The minimum Gasteiger partial charge on any atom is -0.361 e. The molecule has 2 aromatic carbocycles. The molecule has 1 heterocycles. The van der Waals surface area contributed by atoms with Crippen LogP contribution >= 0.6 is 0 Å². The Morgan fingerprint density at radius 3 is 2.67 bits per heavy atom. The summed E-state index contributed by atoms with van der Waals surface area (Å²) in [6, 6.07) is 17.8. The molecule has 3 nitrogen and oxygen atoms in total. The zero-order chi connectivity index (χ0) is 14.5. The number of carbonyl (C=O) groups is 1. The number of rotatable bonds is 4. The fraction of sp³-hybridized carbons (Fsp3) is 0.0556. The molecule has 0 unspecified atom stereocenters. The summed E-state index contributed by atoms with van der Waals surface area (Å²) in [6.07, 6.45) is 5.31. The van der Waals surface area contributed by atoms with Crippen LogP contribution in [0.5, 0.6) is 0 Å². The van der Waals surface area contributed by atoms with E-state index in [0.29, 0.717) is 6.54 Å². The summed E-state index contributed by atoms with van der Waals surface area (Å²) in [4.78, 5) is 15.0. The number of H-pyrrole nitrogens is 1. The molecule has 104 valence electrons. The van der Waals surface area contributed by atoms with Gasteiger partial charge in [-0.2, -0.15) is 0 Å². The predicted molar refractivity (Wildman–Crippen MR) is 85.6 cm³/mol. The van der Waals surface area contributed by atoms with E-state index in [0.717, 1.165) is 22.0 Å². The second kappa shape index (κ2) is 6.09. The molecular weight excluding hydrogens is 260 g/mol. The van der Waals surface area contributed by atoms with Crippen molar-refractivity contribution in [3.8, 4) is 0 Å². The van der Waals surface area contributed by atoms with Crippen LogP contribution in [0.4, 0.5) is 0 Å². The third-order valence-corrected chi connectivity index (χ3v) is 3.35. The van der Waals surface area contributed by atoms with Crippen molar-refractivity contribution < 1.29 is 4.79 Å². The van der Waals surface area contributed by atoms with Gasteiger partial charge in [-0.05, 0) is 23.3 Å². The van der Waals surface area contributed by atoms with Gasteiger partial charge in [0.1, 0.15) is 0 Å². The van der Waals surface area contributed by atoms with Gasteiger partial charge >= 0.3 is 0 Å². The van der Waals surface area contributed by atoms with Gasteiger partial charge in [0.15, 0.2) is 0 Å². The first kappa shape index (κ1) is 13.2. The summed E-state index contributed by atoms with van der Waals surface area (Å²) in [7, 11) is 0. The van der Waals surface area contributed by atoms with E-state index < -0.39 is 0 Å². The van der Waals surface area contributed by atoms with Gasteiger partial charge in [0.25, 0.3) is 0 Å². The Labute approximate surface area is 123 Å². The minimum atomic E-state index is -0.0934. The molecule has 3 rings (SSSR count). The summed E-state index contributed by atoms with van der Waals surface area (Å²) >= 11 is 0. The Bertz CT molecular complexity index is 772. The van der Waals surface area contributed by atoms with Crippen LogP contribution in [0.2, 0.25) is 0 Å². The van der Waals surface area contributed by atoms with Crippen molar-refractivity contribution in [2.24, 2.45) is 0 Å². The first-order valence-electron chi connectivity index (χ1n) is 6.89. The SMILES string of the molecule is O=C(/C=C/c1ccccc1)NCc1c[nH]c2ccccc12. The molecule has 0 fully saturated rings. The van der Waals surface area contributed by atoms with E-state index in [9.17, 15) is 4.79 Å². The minimum absolute atomic E-state index is 0.0934. The molecule has 0 saturated heterocycles. The second-order valence-electron chi connectivity index (χ2n) is 4.82. The first-order chi connectivity index (χ1) is 10.3. The molecule has 0 aliphatic carbocycles. The smallest absolute Gasteiger partial charge is 0.244 e. The van der Waals surface area contributed by atoms with Gasteiger partial charge in [-0.25, -0.2) is 0 Å². The second-order valence-corrected chi connectivity index (χ2v) is 4.82. The third-order valence-electron chi connectivity index (χ3n) is 3.35. The molecule has 1 amide bonds. The van der Waals surface area contributed by atoms with Crippen LogP contribution in [0.15, 0.2) is 66.9 Å². The molecule has 3 aromatic rings. The third kappa shape index (κ3) is 3.20. The fourth-order valence-corrected chi connectivity index (χ4v) is 2.26. The fourth-order valence-electron chi connectivity index (χ4n) is 2.26. The normalized spacial score (nSPS) is 11.0. The van der Waals surface area contributed by atoms with Crippen LogP contribution in [0.3, 0.4) is 0 Å². The molecule has 0 spiro atoms. The van der Waals surface area contributed by atoms with E-state index in [1.165, 1.54) is 0 Å². The monoisotopic (exact) mass is 276 g/mol. The van der Waals surface area contributed by atoms with Gasteiger partial charge in [-0.1, -0.05) is 48.5 Å². The van der Waals surface area contributed by atoms with Gasteiger partial charge in [-0.3, -0.25) is 4.79 Å². The zero-order valence-corrected chi connectivity index (χ0v) is 11.5. The lowest BCUT2D eigenvalue weighted by Crippen LogP contribution is -2.19. The van der Waals surface area contributed by atoms with Gasteiger partial charge < -0.3 is 10.3 Å². The average molecular weight is 276 g/mol. The van der Waals surface area contributed by atoms with Crippen molar-refractivity contribution in [3.63, 3.8) is 0 Å². The lowest BCUT2D eigenvalue weighted by Gasteiger charge is -2.01. The Hall–Kier alpha value is -2.81. The molecule has 0 atom stereocenters. The molecular formula is C18H16N2O. The van der Waals surface area contributed by atoms with Crippen LogP contribution in [-0.4, -0.2) is 10.9 Å². The number of hydrogen-bond acceptors (Lipinski definition) is 1. The van der Waals surface area contributed by atoms with Crippen molar-refractivity contribution in [1.29, 1.82) is 0 Å². The van der Waals surface area contributed by atoms with Crippen LogP contribution in [0.25, 0.3) is 17.0 Å². The molecule has 3 heteroatoms. The molecule has 1 aromatic heterocycles. The highest BCUT2D eigenvalue weighted by Gasteiger charge is 2.03. The number of nitrogens with one attached hydrogen (secondary N) is 2. The number of aromatic amines is 1. The summed E-state index contributed by atoms with van der Waals surface area (Å²) in [5.41, 5.74) is 3.19. The Morgan fingerprint density at radius 2 is 1.81 bits per heavy atom. The number of fused-ring (bicyclic) bond motifs is 1. The number of aromatic nitrogens is 1. The number of para-hydroxylation sites is 1. The molecule has 0 aliphatic rings. The highest BCUT2D eigenvalue weighted by atomic mass is 16.1. The van der Waals surface area contributed by atoms with Crippen LogP contribution < -0.4 is 5.32 Å². The number of amides is 1. The topological polar surface area (TPSA) is 44.9 Å². The van der Waals surface area contributed by atoms with Crippen molar-refractivity contribution >= 4 is 22.9 Å². The average Bonchev–Trinajstić information content (AvgIpc) is 2.95. The van der Waals surface area contributed by atoms with E-state index in [2.05, 4.69) is 10.3 Å². The van der Waals surface area contributed by atoms with Gasteiger partial charge in [-0.15, -0.1) is 0 Å². The summed E-state index contributed by atoms with van der Waals surface area (Å²) in [6.45, 7) is 0.516. The lowest BCUT2D eigenvalue weighted by atomic mass is 10.2. The van der Waals surface area contributed by atoms with E-state index in [1.807, 2.05) is 66.9 Å². The molecule has 0 saturated carbocycles. The number of hydrogen-bond donors (Lipinski definition) is 2.